The molecule has 0 bridgehead atoms. The van der Waals surface area contributed by atoms with Gasteiger partial charge in [-0.15, -0.1) is 0 Å². The molecule has 0 saturated heterocycles. The van der Waals surface area contributed by atoms with Crippen LogP contribution in [-0.4, -0.2) is 0 Å². The molecule has 4 aromatic carbocycles. The van der Waals surface area contributed by atoms with Crippen molar-refractivity contribution in [2.24, 2.45) is 0 Å². The van der Waals surface area contributed by atoms with Crippen LogP contribution in [0.1, 0.15) is 22.3 Å². The van der Waals surface area contributed by atoms with Crippen LogP contribution in [0.5, 0.6) is 0 Å². The van der Waals surface area contributed by atoms with Crippen molar-refractivity contribution in [3.8, 4) is 0 Å². The zero-order chi connectivity index (χ0) is 21.5. The van der Waals surface area contributed by atoms with Gasteiger partial charge in [-0.2, -0.15) is 0 Å². The van der Waals surface area contributed by atoms with Crippen LogP contribution >= 0.6 is 0 Å². The van der Waals surface area contributed by atoms with Gasteiger partial charge in [0, 0.05) is 11.4 Å². The van der Waals surface area contributed by atoms with Gasteiger partial charge in [-0.3, -0.25) is 0 Å². The van der Waals surface area contributed by atoms with Crippen LogP contribution in [0, 0.1) is 13.8 Å². The minimum atomic E-state index is 1.15. The van der Waals surface area contributed by atoms with E-state index >= 15 is 0 Å². The number of nitrogens with zero attached hydrogens (tertiary/aromatic N) is 1. The summed E-state index contributed by atoms with van der Waals surface area (Å²) < 4.78 is 0. The van der Waals surface area contributed by atoms with E-state index in [4.69, 9.17) is 0 Å². The molecule has 0 aromatic heterocycles. The Morgan fingerprint density at radius 2 is 0.968 bits per heavy atom. The van der Waals surface area contributed by atoms with E-state index in [2.05, 4.69) is 140 Å². The van der Waals surface area contributed by atoms with E-state index in [1.807, 2.05) is 6.07 Å². The quantitative estimate of drug-likeness (QED) is 0.293. The molecule has 0 aliphatic carbocycles. The fourth-order valence-electron chi connectivity index (χ4n) is 3.77. The van der Waals surface area contributed by atoms with Crippen LogP contribution in [0.2, 0.25) is 0 Å². The number of allylic oxidation sites excluding steroid dienone is 2. The molecule has 1 heteroatoms. The highest BCUT2D eigenvalue weighted by molar-refractivity contribution is 5.80. The standard InChI is InChI=1S/C30H27N/c1-24-12-11-13-25(2)30(24)31(28-18-7-4-8-19-28)29-22-20-27(21-23-29)17-10-9-16-26-14-5-3-6-15-26/h3-23H,1-2H3/b16-9+,17-10+. The summed E-state index contributed by atoms with van der Waals surface area (Å²) in [6, 6.07) is 36.1. The Morgan fingerprint density at radius 1 is 0.484 bits per heavy atom. The van der Waals surface area contributed by atoms with Gasteiger partial charge in [-0.1, -0.05) is 103 Å². The summed E-state index contributed by atoms with van der Waals surface area (Å²) in [7, 11) is 0. The normalized spacial score (nSPS) is 11.3. The van der Waals surface area contributed by atoms with Crippen LogP contribution < -0.4 is 4.90 Å². The molecule has 0 saturated carbocycles. The predicted octanol–water partition coefficient (Wildman–Crippen LogP) is 8.50. The Hall–Kier alpha value is -3.84. The summed E-state index contributed by atoms with van der Waals surface area (Å²) in [4.78, 5) is 2.34. The van der Waals surface area contributed by atoms with Gasteiger partial charge < -0.3 is 4.90 Å². The van der Waals surface area contributed by atoms with Crippen LogP contribution in [0.4, 0.5) is 17.1 Å². The number of aryl methyl sites for hydroxylation is 2. The Kier molecular flexibility index (Phi) is 6.44. The topological polar surface area (TPSA) is 3.24 Å². The first-order valence-electron chi connectivity index (χ1n) is 10.6. The molecule has 152 valence electrons. The van der Waals surface area contributed by atoms with Crippen molar-refractivity contribution >= 4 is 29.2 Å². The summed E-state index contributed by atoms with van der Waals surface area (Å²) in [5.41, 5.74) is 8.46. The Bertz CT molecular complexity index is 1150. The SMILES string of the molecule is Cc1cccc(C)c1N(c1ccccc1)c1ccc(/C=C/C=C/c2ccccc2)cc1. The number of hydrogen-bond acceptors (Lipinski definition) is 1. The lowest BCUT2D eigenvalue weighted by molar-refractivity contribution is 1.22. The molecule has 0 aliphatic rings. The van der Waals surface area contributed by atoms with E-state index in [0.717, 1.165) is 11.4 Å². The van der Waals surface area contributed by atoms with Crippen LogP contribution in [0.15, 0.2) is 115 Å². The van der Waals surface area contributed by atoms with Gasteiger partial charge in [0.15, 0.2) is 0 Å². The third kappa shape index (κ3) is 5.02. The van der Waals surface area contributed by atoms with Crippen molar-refractivity contribution < 1.29 is 0 Å². The molecule has 0 heterocycles. The highest BCUT2D eigenvalue weighted by Crippen LogP contribution is 2.38. The molecular formula is C30H27N. The fraction of sp³-hybridized carbons (Fsp3) is 0.0667. The highest BCUT2D eigenvalue weighted by Gasteiger charge is 2.16. The minimum absolute atomic E-state index is 1.15. The molecular weight excluding hydrogens is 374 g/mol. The average Bonchev–Trinajstić information content (AvgIpc) is 2.81. The van der Waals surface area contributed by atoms with Gasteiger partial charge in [0.2, 0.25) is 0 Å². The molecule has 0 N–H and O–H groups in total. The minimum Gasteiger partial charge on any atom is -0.310 e. The van der Waals surface area contributed by atoms with E-state index in [1.54, 1.807) is 0 Å². The maximum Gasteiger partial charge on any atom is 0.0519 e. The van der Waals surface area contributed by atoms with Crippen molar-refractivity contribution in [2.45, 2.75) is 13.8 Å². The lowest BCUT2D eigenvalue weighted by atomic mass is 10.1. The van der Waals surface area contributed by atoms with E-state index < -0.39 is 0 Å². The highest BCUT2D eigenvalue weighted by atomic mass is 15.1. The first-order valence-corrected chi connectivity index (χ1v) is 10.6. The van der Waals surface area contributed by atoms with Crippen molar-refractivity contribution in [2.75, 3.05) is 4.90 Å². The summed E-state index contributed by atoms with van der Waals surface area (Å²) in [5, 5.41) is 0. The third-order valence-electron chi connectivity index (χ3n) is 5.32. The number of benzene rings is 4. The third-order valence-corrected chi connectivity index (χ3v) is 5.32. The second-order valence-corrected chi connectivity index (χ2v) is 7.63. The van der Waals surface area contributed by atoms with E-state index in [-0.39, 0.29) is 0 Å². The molecule has 1 nitrogen and oxygen atoms in total. The summed E-state index contributed by atoms with van der Waals surface area (Å²) in [6.07, 6.45) is 8.41. The zero-order valence-corrected chi connectivity index (χ0v) is 18.1. The van der Waals surface area contributed by atoms with Gasteiger partial charge >= 0.3 is 0 Å². The first-order chi connectivity index (χ1) is 15.2. The van der Waals surface area contributed by atoms with Gasteiger partial charge in [-0.05, 0) is 60.4 Å². The monoisotopic (exact) mass is 401 g/mol. The van der Waals surface area contributed by atoms with Crippen molar-refractivity contribution in [3.05, 3.63) is 138 Å². The largest absolute Gasteiger partial charge is 0.310 e. The van der Waals surface area contributed by atoms with Crippen LogP contribution in [-0.2, 0) is 0 Å². The Balaban J connectivity index is 1.61. The summed E-state index contributed by atoms with van der Waals surface area (Å²) in [6.45, 7) is 4.35. The Morgan fingerprint density at radius 3 is 1.55 bits per heavy atom. The van der Waals surface area contributed by atoms with Crippen molar-refractivity contribution in [1.82, 2.24) is 0 Å². The number of rotatable bonds is 6. The fourth-order valence-corrected chi connectivity index (χ4v) is 3.77. The van der Waals surface area contributed by atoms with Crippen LogP contribution in [0.3, 0.4) is 0 Å². The van der Waals surface area contributed by atoms with E-state index in [9.17, 15) is 0 Å². The lowest BCUT2D eigenvalue weighted by Crippen LogP contribution is -2.12. The molecule has 0 fully saturated rings. The van der Waals surface area contributed by atoms with E-state index in [1.165, 1.54) is 27.9 Å². The van der Waals surface area contributed by atoms with Gasteiger partial charge in [0.1, 0.15) is 0 Å². The molecule has 0 amide bonds. The molecule has 0 atom stereocenters. The predicted molar refractivity (Wildman–Crippen MR) is 135 cm³/mol. The van der Waals surface area contributed by atoms with Crippen molar-refractivity contribution in [1.29, 1.82) is 0 Å². The van der Waals surface area contributed by atoms with Gasteiger partial charge in [-0.25, -0.2) is 0 Å². The number of para-hydroxylation sites is 2. The lowest BCUT2D eigenvalue weighted by Gasteiger charge is -2.28. The average molecular weight is 402 g/mol. The Labute approximate surface area is 185 Å². The number of hydrogen-bond donors (Lipinski definition) is 0. The van der Waals surface area contributed by atoms with E-state index in [0.29, 0.717) is 0 Å². The molecule has 31 heavy (non-hydrogen) atoms. The van der Waals surface area contributed by atoms with Crippen LogP contribution in [0.25, 0.3) is 12.2 Å². The smallest absolute Gasteiger partial charge is 0.0519 e. The second kappa shape index (κ2) is 9.77. The molecule has 0 spiro atoms. The second-order valence-electron chi connectivity index (χ2n) is 7.63. The molecule has 4 aromatic rings. The molecule has 0 unspecified atom stereocenters. The van der Waals surface area contributed by atoms with Gasteiger partial charge in [0.05, 0.1) is 5.69 Å². The maximum absolute atomic E-state index is 2.34. The molecule has 4 rings (SSSR count). The zero-order valence-electron chi connectivity index (χ0n) is 18.1. The van der Waals surface area contributed by atoms with Gasteiger partial charge in [0.25, 0.3) is 0 Å². The molecule has 0 radical (unpaired) electrons. The first kappa shape index (κ1) is 20.4. The summed E-state index contributed by atoms with van der Waals surface area (Å²) >= 11 is 0. The van der Waals surface area contributed by atoms with Crippen molar-refractivity contribution in [3.63, 3.8) is 0 Å². The summed E-state index contributed by atoms with van der Waals surface area (Å²) in [5.74, 6) is 0. The number of anilines is 3. The maximum atomic E-state index is 2.34. The molecule has 0 aliphatic heterocycles.